The number of carbonyl (C=O) groups is 2. The third-order valence-electron chi connectivity index (χ3n) is 7.66. The van der Waals surface area contributed by atoms with E-state index >= 15 is 0 Å². The lowest BCUT2D eigenvalue weighted by molar-refractivity contribution is -0.140. The molecule has 4 aromatic carbocycles. The number of benzene rings is 4. The second kappa shape index (κ2) is 15.6. The van der Waals surface area contributed by atoms with Crippen molar-refractivity contribution in [1.29, 1.82) is 0 Å². The average molecular weight is 642 g/mol. The van der Waals surface area contributed by atoms with Crippen LogP contribution >= 0.6 is 0 Å². The summed E-state index contributed by atoms with van der Waals surface area (Å²) in [4.78, 5) is 29.3. The first-order valence-electron chi connectivity index (χ1n) is 15.5. The first-order valence-corrected chi connectivity index (χ1v) is 17.0. The minimum Gasteiger partial charge on any atom is -0.457 e. The number of amides is 2. The first kappa shape index (κ1) is 34.2. The Hall–Kier alpha value is -4.63. The van der Waals surface area contributed by atoms with Crippen molar-refractivity contribution in [3.05, 3.63) is 120 Å². The number of aryl methyl sites for hydroxylation is 2. The molecular weight excluding hydrogens is 598 g/mol. The number of nitrogens with one attached hydrogen (secondary N) is 1. The maximum Gasteiger partial charge on any atom is 0.264 e. The number of hydrogen-bond donors (Lipinski definition) is 1. The molecule has 8 nitrogen and oxygen atoms in total. The summed E-state index contributed by atoms with van der Waals surface area (Å²) in [6.07, 6.45) is 0.359. The molecule has 0 unspecified atom stereocenters. The van der Waals surface area contributed by atoms with Crippen LogP contribution in [0.1, 0.15) is 43.9 Å². The summed E-state index contributed by atoms with van der Waals surface area (Å²) in [6.45, 7) is 9.79. The maximum atomic E-state index is 14.3. The van der Waals surface area contributed by atoms with Crippen molar-refractivity contribution in [3.8, 4) is 11.5 Å². The van der Waals surface area contributed by atoms with Gasteiger partial charge in [-0.25, -0.2) is 8.42 Å². The van der Waals surface area contributed by atoms with E-state index in [9.17, 15) is 18.0 Å². The third kappa shape index (κ3) is 8.75. The Balaban J connectivity index is 1.73. The number of para-hydroxylation sites is 1. The van der Waals surface area contributed by atoms with Crippen LogP contribution in [-0.4, -0.2) is 44.3 Å². The largest absolute Gasteiger partial charge is 0.457 e. The summed E-state index contributed by atoms with van der Waals surface area (Å²) in [7, 11) is -4.18. The zero-order chi connectivity index (χ0) is 33.3. The summed E-state index contributed by atoms with van der Waals surface area (Å²) in [6, 6.07) is 29.2. The van der Waals surface area contributed by atoms with Gasteiger partial charge in [0, 0.05) is 13.1 Å². The number of carbonyl (C=O) groups excluding carboxylic acids is 2. The van der Waals surface area contributed by atoms with E-state index in [4.69, 9.17) is 4.74 Å². The quantitative estimate of drug-likeness (QED) is 0.162. The maximum absolute atomic E-state index is 14.3. The zero-order valence-electron chi connectivity index (χ0n) is 27.1. The Labute approximate surface area is 273 Å². The van der Waals surface area contributed by atoms with E-state index in [2.05, 4.69) is 5.32 Å². The monoisotopic (exact) mass is 641 g/mol. The van der Waals surface area contributed by atoms with E-state index in [-0.39, 0.29) is 23.3 Å². The minimum absolute atomic E-state index is 0.0580. The number of anilines is 1. The molecule has 4 rings (SSSR count). The van der Waals surface area contributed by atoms with Gasteiger partial charge in [0.25, 0.3) is 10.0 Å². The summed E-state index contributed by atoms with van der Waals surface area (Å²) in [5.74, 6) is 0.625. The van der Waals surface area contributed by atoms with E-state index in [1.807, 2.05) is 89.2 Å². The molecule has 4 aromatic rings. The fourth-order valence-corrected chi connectivity index (χ4v) is 6.40. The number of sulfonamides is 1. The molecule has 242 valence electrons. The van der Waals surface area contributed by atoms with Gasteiger partial charge in [-0.2, -0.15) is 0 Å². The summed E-state index contributed by atoms with van der Waals surface area (Å²) in [5, 5.41) is 2.96. The molecule has 0 bridgehead atoms. The second-order valence-corrected chi connectivity index (χ2v) is 13.6. The molecule has 0 spiro atoms. The molecule has 0 fully saturated rings. The van der Waals surface area contributed by atoms with Gasteiger partial charge in [-0.05, 0) is 85.8 Å². The van der Waals surface area contributed by atoms with Crippen LogP contribution in [-0.2, 0) is 26.2 Å². The van der Waals surface area contributed by atoms with Gasteiger partial charge in [-0.1, -0.05) is 80.9 Å². The van der Waals surface area contributed by atoms with E-state index in [0.29, 0.717) is 30.2 Å². The van der Waals surface area contributed by atoms with Crippen LogP contribution in [0.2, 0.25) is 0 Å². The highest BCUT2D eigenvalue weighted by molar-refractivity contribution is 7.92. The standard InChI is InChI=1S/C37H43N3O5S/c1-6-35(37(42)38-24-27(2)3)39(25-30-13-11-10-12-29(30)5)36(41)26-40(46(43,44)34-22-16-28(4)17-23-34)31-18-20-33(21-19-31)45-32-14-8-7-9-15-32/h7-23,27,35H,6,24-26H2,1-5H3,(H,38,42)/t35-/m0/s1. The summed E-state index contributed by atoms with van der Waals surface area (Å²) >= 11 is 0. The molecule has 0 heterocycles. The molecule has 0 aliphatic rings. The van der Waals surface area contributed by atoms with Gasteiger partial charge in [-0.3, -0.25) is 13.9 Å². The van der Waals surface area contributed by atoms with Crippen molar-refractivity contribution in [3.63, 3.8) is 0 Å². The highest BCUT2D eigenvalue weighted by Gasteiger charge is 2.34. The lowest BCUT2D eigenvalue weighted by atomic mass is 10.1. The molecule has 1 N–H and O–H groups in total. The van der Waals surface area contributed by atoms with E-state index < -0.39 is 28.5 Å². The summed E-state index contributed by atoms with van der Waals surface area (Å²) in [5.41, 5.74) is 3.05. The molecule has 46 heavy (non-hydrogen) atoms. The summed E-state index contributed by atoms with van der Waals surface area (Å²) < 4.78 is 35.4. The van der Waals surface area contributed by atoms with Crippen LogP contribution in [0.5, 0.6) is 11.5 Å². The fraction of sp³-hybridized carbons (Fsp3) is 0.297. The van der Waals surface area contributed by atoms with Crippen LogP contribution in [0, 0.1) is 19.8 Å². The smallest absolute Gasteiger partial charge is 0.264 e. The van der Waals surface area contributed by atoms with Gasteiger partial charge < -0.3 is 15.0 Å². The lowest BCUT2D eigenvalue weighted by Crippen LogP contribution is -2.52. The second-order valence-electron chi connectivity index (χ2n) is 11.7. The van der Waals surface area contributed by atoms with Gasteiger partial charge in [0.1, 0.15) is 24.1 Å². The topological polar surface area (TPSA) is 96.0 Å². The molecule has 0 aliphatic heterocycles. The van der Waals surface area contributed by atoms with Crippen molar-refractivity contribution in [2.45, 2.75) is 58.5 Å². The highest BCUT2D eigenvalue weighted by Crippen LogP contribution is 2.29. The molecule has 0 saturated heterocycles. The normalized spacial score (nSPS) is 12.0. The number of ether oxygens (including phenoxy) is 1. The van der Waals surface area contributed by atoms with Gasteiger partial charge in [-0.15, -0.1) is 0 Å². The molecule has 2 amide bonds. The Bertz CT molecular complexity index is 1710. The van der Waals surface area contributed by atoms with Gasteiger partial charge in [0.15, 0.2) is 0 Å². The van der Waals surface area contributed by atoms with Crippen molar-refractivity contribution in [2.24, 2.45) is 5.92 Å². The average Bonchev–Trinajstić information content (AvgIpc) is 3.04. The van der Waals surface area contributed by atoms with Gasteiger partial charge in [0.2, 0.25) is 11.8 Å². The SMILES string of the molecule is CC[C@@H](C(=O)NCC(C)C)N(Cc1ccccc1C)C(=O)CN(c1ccc(Oc2ccccc2)cc1)S(=O)(=O)c1ccc(C)cc1. The fourth-order valence-electron chi connectivity index (χ4n) is 4.98. The number of hydrogen-bond acceptors (Lipinski definition) is 5. The van der Waals surface area contributed by atoms with Crippen molar-refractivity contribution < 1.29 is 22.7 Å². The van der Waals surface area contributed by atoms with Gasteiger partial charge in [0.05, 0.1) is 10.6 Å². The molecule has 0 radical (unpaired) electrons. The van der Waals surface area contributed by atoms with Gasteiger partial charge >= 0.3 is 0 Å². The lowest BCUT2D eigenvalue weighted by Gasteiger charge is -2.33. The van der Waals surface area contributed by atoms with Crippen LogP contribution in [0.3, 0.4) is 0 Å². The van der Waals surface area contributed by atoms with Crippen molar-refractivity contribution in [2.75, 3.05) is 17.4 Å². The van der Waals surface area contributed by atoms with E-state index in [0.717, 1.165) is 21.0 Å². The van der Waals surface area contributed by atoms with Crippen molar-refractivity contribution in [1.82, 2.24) is 10.2 Å². The van der Waals surface area contributed by atoms with E-state index in [1.165, 1.54) is 17.0 Å². The zero-order valence-corrected chi connectivity index (χ0v) is 28.0. The highest BCUT2D eigenvalue weighted by atomic mass is 32.2. The molecule has 0 aliphatic carbocycles. The third-order valence-corrected chi connectivity index (χ3v) is 9.45. The van der Waals surface area contributed by atoms with Crippen molar-refractivity contribution >= 4 is 27.5 Å². The van der Waals surface area contributed by atoms with Crippen LogP contribution in [0.25, 0.3) is 0 Å². The molecule has 0 saturated carbocycles. The van der Waals surface area contributed by atoms with Crippen LogP contribution in [0.4, 0.5) is 5.69 Å². The Morgan fingerprint density at radius 2 is 1.41 bits per heavy atom. The number of nitrogens with zero attached hydrogens (tertiary/aromatic N) is 2. The molecule has 9 heteroatoms. The minimum atomic E-state index is -4.18. The Kier molecular flexibility index (Phi) is 11.6. The molecule has 0 aromatic heterocycles. The first-order chi connectivity index (χ1) is 22.0. The van der Waals surface area contributed by atoms with Crippen LogP contribution in [0.15, 0.2) is 108 Å². The number of rotatable bonds is 14. The molecular formula is C37H43N3O5S. The predicted octanol–water partition coefficient (Wildman–Crippen LogP) is 6.87. The van der Waals surface area contributed by atoms with Crippen LogP contribution < -0.4 is 14.4 Å². The predicted molar refractivity (Wildman–Crippen MR) is 182 cm³/mol. The van der Waals surface area contributed by atoms with E-state index in [1.54, 1.807) is 36.4 Å². The Morgan fingerprint density at radius 1 is 0.804 bits per heavy atom. The Morgan fingerprint density at radius 3 is 2.02 bits per heavy atom. The molecule has 1 atom stereocenters.